The Morgan fingerprint density at radius 1 is 1.24 bits per heavy atom. The van der Waals surface area contributed by atoms with Crippen LogP contribution in [0.25, 0.3) is 5.65 Å². The maximum absolute atomic E-state index is 11.7. The summed E-state index contributed by atoms with van der Waals surface area (Å²) in [6.45, 7) is 5.69. The fourth-order valence-corrected chi connectivity index (χ4v) is 4.75. The van der Waals surface area contributed by atoms with Crippen LogP contribution < -0.4 is 21.3 Å². The lowest BCUT2D eigenvalue weighted by atomic mass is 10.1. The first-order chi connectivity index (χ1) is 17.8. The molecule has 2 fully saturated rings. The van der Waals surface area contributed by atoms with Crippen molar-refractivity contribution in [1.29, 1.82) is 10.5 Å². The van der Waals surface area contributed by atoms with Crippen molar-refractivity contribution in [3.8, 4) is 12.1 Å². The number of carbonyl (C=O) groups is 1. The van der Waals surface area contributed by atoms with Gasteiger partial charge in [-0.1, -0.05) is 11.6 Å². The molecule has 1 saturated heterocycles. The van der Waals surface area contributed by atoms with Crippen molar-refractivity contribution in [3.63, 3.8) is 0 Å². The number of hydrogen-bond donors (Lipinski definition) is 3. The number of benzene rings is 1. The maximum Gasteiger partial charge on any atom is 0.234 e. The maximum atomic E-state index is 11.7. The number of nitrogens with one attached hydrogen (secondary N) is 2. The van der Waals surface area contributed by atoms with Gasteiger partial charge in [0, 0.05) is 31.7 Å². The molecule has 5 rings (SSSR count). The molecule has 13 heteroatoms. The van der Waals surface area contributed by atoms with Crippen molar-refractivity contribution < 1.29 is 4.79 Å². The van der Waals surface area contributed by atoms with Crippen LogP contribution in [-0.4, -0.2) is 68.1 Å². The van der Waals surface area contributed by atoms with Gasteiger partial charge in [0.25, 0.3) is 0 Å². The topological polar surface area (TPSA) is 164 Å². The molecule has 1 aliphatic carbocycles. The van der Waals surface area contributed by atoms with E-state index in [1.807, 2.05) is 11.8 Å². The minimum Gasteiger partial charge on any atom is -0.368 e. The summed E-state index contributed by atoms with van der Waals surface area (Å²) < 4.78 is 1.51. The molecule has 1 amide bonds. The van der Waals surface area contributed by atoms with Crippen molar-refractivity contribution in [2.24, 2.45) is 5.73 Å². The van der Waals surface area contributed by atoms with E-state index < -0.39 is 0 Å². The summed E-state index contributed by atoms with van der Waals surface area (Å²) in [6, 6.07) is 7.65. The van der Waals surface area contributed by atoms with Gasteiger partial charge in [-0.2, -0.15) is 30.1 Å². The first kappa shape index (κ1) is 24.6. The molecule has 12 nitrogen and oxygen atoms in total. The third-order valence-electron chi connectivity index (χ3n) is 6.76. The number of hydrogen-bond acceptors (Lipinski definition) is 10. The number of piperazine rings is 1. The van der Waals surface area contributed by atoms with Crippen molar-refractivity contribution in [2.75, 3.05) is 35.2 Å². The van der Waals surface area contributed by atoms with E-state index in [4.69, 9.17) is 17.3 Å². The van der Waals surface area contributed by atoms with Crippen LogP contribution in [0.15, 0.2) is 18.3 Å². The lowest BCUT2D eigenvalue weighted by molar-refractivity contribution is -0.122. The van der Waals surface area contributed by atoms with Crippen molar-refractivity contribution in [3.05, 3.63) is 34.5 Å². The molecule has 4 N–H and O–H groups in total. The van der Waals surface area contributed by atoms with Crippen LogP contribution in [-0.2, 0) is 4.79 Å². The minimum absolute atomic E-state index is 0.0155. The molecule has 190 valence electrons. The van der Waals surface area contributed by atoms with Crippen molar-refractivity contribution >= 4 is 46.4 Å². The predicted molar refractivity (Wildman–Crippen MR) is 139 cm³/mol. The average molecular weight is 520 g/mol. The van der Waals surface area contributed by atoms with Crippen LogP contribution in [0.5, 0.6) is 0 Å². The quantitative estimate of drug-likeness (QED) is 0.421. The van der Waals surface area contributed by atoms with Crippen LogP contribution in [0.4, 0.5) is 23.3 Å². The number of nitrogens with two attached hydrogens (primary N) is 1. The lowest BCUT2D eigenvalue weighted by Gasteiger charge is -2.43. The summed E-state index contributed by atoms with van der Waals surface area (Å²) in [5.74, 6) is 0.336. The molecule has 0 unspecified atom stereocenters. The van der Waals surface area contributed by atoms with Gasteiger partial charge in [-0.25, -0.2) is 0 Å². The number of nitriles is 2. The third kappa shape index (κ3) is 4.81. The van der Waals surface area contributed by atoms with E-state index in [1.165, 1.54) is 10.7 Å². The van der Waals surface area contributed by atoms with Crippen LogP contribution in [0.3, 0.4) is 0 Å². The SMILES string of the molecule is C[C@@H]1CN([C@@H](C)C(N)=O)CCN1c1cc(C#N)cc(Nc2nc(NC3CC3)n3ncc(C#N)c3n2)c1Cl. The first-order valence-electron chi connectivity index (χ1n) is 12.0. The van der Waals surface area contributed by atoms with Crippen LogP contribution in [0.2, 0.25) is 5.02 Å². The van der Waals surface area contributed by atoms with Gasteiger partial charge in [-0.15, -0.1) is 0 Å². The number of anilines is 4. The molecular formula is C24H26ClN11O. The molecule has 0 radical (unpaired) electrons. The van der Waals surface area contributed by atoms with E-state index in [2.05, 4.69) is 42.7 Å². The van der Waals surface area contributed by atoms with E-state index in [0.717, 1.165) is 12.8 Å². The highest BCUT2D eigenvalue weighted by Gasteiger charge is 2.31. The van der Waals surface area contributed by atoms with E-state index in [-0.39, 0.29) is 23.9 Å². The zero-order valence-electron chi connectivity index (χ0n) is 20.4. The molecule has 1 saturated carbocycles. The molecule has 2 atom stereocenters. The Balaban J connectivity index is 1.48. The Morgan fingerprint density at radius 3 is 2.68 bits per heavy atom. The zero-order valence-corrected chi connectivity index (χ0v) is 21.2. The summed E-state index contributed by atoms with van der Waals surface area (Å²) in [4.78, 5) is 24.9. The zero-order chi connectivity index (χ0) is 26.3. The van der Waals surface area contributed by atoms with E-state index in [9.17, 15) is 15.3 Å². The smallest absolute Gasteiger partial charge is 0.234 e. The molecule has 1 aliphatic heterocycles. The highest BCUT2D eigenvalue weighted by molar-refractivity contribution is 6.36. The van der Waals surface area contributed by atoms with Crippen LogP contribution in [0.1, 0.15) is 37.8 Å². The van der Waals surface area contributed by atoms with Gasteiger partial charge < -0.3 is 21.3 Å². The van der Waals surface area contributed by atoms with Crippen molar-refractivity contribution in [2.45, 2.75) is 44.8 Å². The molecule has 0 spiro atoms. The molecule has 37 heavy (non-hydrogen) atoms. The number of fused-ring (bicyclic) bond motifs is 1. The lowest BCUT2D eigenvalue weighted by Crippen LogP contribution is -2.57. The Morgan fingerprint density at radius 2 is 2.03 bits per heavy atom. The fraction of sp³-hybridized carbons (Fsp3) is 0.417. The Hall–Kier alpha value is -4.13. The molecule has 2 aromatic heterocycles. The third-order valence-corrected chi connectivity index (χ3v) is 7.15. The summed E-state index contributed by atoms with van der Waals surface area (Å²) in [6.07, 6.45) is 3.51. The Bertz CT molecular complexity index is 1450. The van der Waals surface area contributed by atoms with Gasteiger partial charge in [-0.3, -0.25) is 9.69 Å². The van der Waals surface area contributed by atoms with Gasteiger partial charge in [0.05, 0.1) is 40.3 Å². The summed E-state index contributed by atoms with van der Waals surface area (Å²) in [5, 5.41) is 30.4. The number of primary amides is 1. The van der Waals surface area contributed by atoms with Gasteiger partial charge in [0.15, 0.2) is 5.65 Å². The summed E-state index contributed by atoms with van der Waals surface area (Å²) >= 11 is 6.88. The summed E-state index contributed by atoms with van der Waals surface area (Å²) in [5.41, 5.74) is 7.77. The van der Waals surface area contributed by atoms with Gasteiger partial charge in [-0.05, 0) is 38.8 Å². The second kappa shape index (κ2) is 9.73. The molecule has 3 heterocycles. The fourth-order valence-electron chi connectivity index (χ4n) is 4.49. The summed E-state index contributed by atoms with van der Waals surface area (Å²) in [7, 11) is 0. The van der Waals surface area contributed by atoms with Crippen LogP contribution in [0, 0.1) is 22.7 Å². The molecule has 2 aliphatic rings. The van der Waals surface area contributed by atoms with Gasteiger partial charge >= 0.3 is 0 Å². The highest BCUT2D eigenvalue weighted by atomic mass is 35.5. The second-order valence-electron chi connectivity index (χ2n) is 9.40. The monoisotopic (exact) mass is 519 g/mol. The van der Waals surface area contributed by atoms with Gasteiger partial charge in [0.2, 0.25) is 17.8 Å². The minimum atomic E-state index is -0.366. The number of amides is 1. The number of nitrogens with zero attached hydrogens (tertiary/aromatic N) is 8. The van der Waals surface area contributed by atoms with E-state index in [0.29, 0.717) is 64.8 Å². The number of rotatable bonds is 7. The number of aromatic nitrogens is 4. The predicted octanol–water partition coefficient (Wildman–Crippen LogP) is 2.22. The number of halogens is 1. The van der Waals surface area contributed by atoms with Crippen LogP contribution >= 0.6 is 11.6 Å². The van der Waals surface area contributed by atoms with E-state index in [1.54, 1.807) is 19.1 Å². The largest absolute Gasteiger partial charge is 0.368 e. The standard InChI is InChI=1S/C24H26ClN11O/c1-13-12-34(14(2)21(28)37)5-6-35(13)19-8-15(9-26)7-18(20(19)25)31-23-32-22-16(10-27)11-29-36(22)24(33-23)30-17-3-4-17/h7-8,11,13-14,17H,3-6,12H2,1-2H3,(H2,28,37)(H2,30,31,32,33)/t13-,14+/m1/s1. The Labute approximate surface area is 218 Å². The van der Waals surface area contributed by atoms with Gasteiger partial charge in [0.1, 0.15) is 11.6 Å². The molecule has 1 aromatic carbocycles. The molecule has 3 aromatic rings. The second-order valence-corrected chi connectivity index (χ2v) is 9.78. The first-order valence-corrected chi connectivity index (χ1v) is 12.4. The Kier molecular flexibility index (Phi) is 6.46. The molecule has 0 bridgehead atoms. The number of carbonyl (C=O) groups excluding carboxylic acids is 1. The average Bonchev–Trinajstić information content (AvgIpc) is 3.60. The normalized spacial score (nSPS) is 18.7. The molecular weight excluding hydrogens is 494 g/mol. The van der Waals surface area contributed by atoms with Crippen molar-refractivity contribution in [1.82, 2.24) is 24.5 Å². The highest BCUT2D eigenvalue weighted by Crippen LogP contribution is 2.38. The van der Waals surface area contributed by atoms with E-state index >= 15 is 0 Å².